The van der Waals surface area contributed by atoms with E-state index in [9.17, 15) is 13.2 Å². The van der Waals surface area contributed by atoms with Crippen LogP contribution in [-0.2, 0) is 0 Å². The standard InChI is InChI=1S/C13H9F3O/c1-8-5-6-9-3-2-4-11(10(9)7-8)17-13(16)12(14)15/h2-7H,1H3. The Morgan fingerprint density at radius 2 is 1.82 bits per heavy atom. The molecule has 0 spiro atoms. The Morgan fingerprint density at radius 1 is 1.06 bits per heavy atom. The van der Waals surface area contributed by atoms with Gasteiger partial charge in [-0.3, -0.25) is 0 Å². The molecule has 88 valence electrons. The number of rotatable bonds is 2. The van der Waals surface area contributed by atoms with Gasteiger partial charge in [-0.1, -0.05) is 29.8 Å². The second-order valence-corrected chi connectivity index (χ2v) is 3.62. The molecule has 0 bridgehead atoms. The number of fused-ring (bicyclic) bond motifs is 1. The molecule has 0 amide bonds. The second-order valence-electron chi connectivity index (χ2n) is 3.62. The first kappa shape index (κ1) is 11.5. The topological polar surface area (TPSA) is 9.23 Å². The third kappa shape index (κ3) is 2.41. The van der Waals surface area contributed by atoms with Crippen molar-refractivity contribution in [2.75, 3.05) is 0 Å². The van der Waals surface area contributed by atoms with Gasteiger partial charge in [-0.25, -0.2) is 0 Å². The number of halogens is 3. The molecule has 0 fully saturated rings. The smallest absolute Gasteiger partial charge is 0.344 e. The largest absolute Gasteiger partial charge is 0.427 e. The van der Waals surface area contributed by atoms with Crippen molar-refractivity contribution >= 4 is 10.8 Å². The van der Waals surface area contributed by atoms with Crippen molar-refractivity contribution in [1.82, 2.24) is 0 Å². The molecule has 0 radical (unpaired) electrons. The van der Waals surface area contributed by atoms with E-state index >= 15 is 0 Å². The van der Waals surface area contributed by atoms with Gasteiger partial charge in [-0.05, 0) is 24.4 Å². The van der Waals surface area contributed by atoms with Crippen LogP contribution in [0.2, 0.25) is 0 Å². The number of hydrogen-bond donors (Lipinski definition) is 0. The Labute approximate surface area is 96.1 Å². The van der Waals surface area contributed by atoms with E-state index in [-0.39, 0.29) is 5.75 Å². The lowest BCUT2D eigenvalue weighted by Gasteiger charge is -2.07. The molecule has 0 aliphatic heterocycles. The van der Waals surface area contributed by atoms with Crippen molar-refractivity contribution in [3.05, 3.63) is 54.1 Å². The Morgan fingerprint density at radius 3 is 2.53 bits per heavy atom. The van der Waals surface area contributed by atoms with Crippen LogP contribution < -0.4 is 4.74 Å². The van der Waals surface area contributed by atoms with Crippen molar-refractivity contribution < 1.29 is 17.9 Å². The molecule has 0 aromatic heterocycles. The lowest BCUT2D eigenvalue weighted by Crippen LogP contribution is -1.92. The van der Waals surface area contributed by atoms with Crippen LogP contribution in [0.4, 0.5) is 13.2 Å². The molecule has 4 heteroatoms. The van der Waals surface area contributed by atoms with Crippen LogP contribution in [0.1, 0.15) is 5.56 Å². The highest BCUT2D eigenvalue weighted by Gasteiger charge is 2.10. The second kappa shape index (κ2) is 4.49. The molecule has 1 nitrogen and oxygen atoms in total. The van der Waals surface area contributed by atoms with Crippen molar-refractivity contribution in [2.45, 2.75) is 6.92 Å². The molecule has 0 saturated heterocycles. The van der Waals surface area contributed by atoms with Gasteiger partial charge in [-0.2, -0.15) is 13.2 Å². The Kier molecular flexibility index (Phi) is 3.04. The van der Waals surface area contributed by atoms with Gasteiger partial charge in [0, 0.05) is 5.39 Å². The Hall–Kier alpha value is -1.97. The molecule has 0 aliphatic rings. The zero-order valence-corrected chi connectivity index (χ0v) is 9.01. The number of ether oxygens (including phenoxy) is 1. The van der Waals surface area contributed by atoms with Gasteiger partial charge in [0.2, 0.25) is 0 Å². The molecular formula is C13H9F3O. The summed E-state index contributed by atoms with van der Waals surface area (Å²) in [5, 5.41) is 1.41. The summed E-state index contributed by atoms with van der Waals surface area (Å²) in [5.74, 6) is 0.0801. The highest BCUT2D eigenvalue weighted by molar-refractivity contribution is 5.88. The molecule has 17 heavy (non-hydrogen) atoms. The van der Waals surface area contributed by atoms with Crippen molar-refractivity contribution in [2.24, 2.45) is 0 Å². The lowest BCUT2D eigenvalue weighted by atomic mass is 10.1. The predicted octanol–water partition coefficient (Wildman–Crippen LogP) is 4.56. The maximum atomic E-state index is 12.7. The predicted molar refractivity (Wildman–Crippen MR) is 59.7 cm³/mol. The normalized spacial score (nSPS) is 10.4. The third-order valence-corrected chi connectivity index (χ3v) is 2.35. The number of benzene rings is 2. The minimum absolute atomic E-state index is 0.0801. The fourth-order valence-corrected chi connectivity index (χ4v) is 1.58. The molecule has 0 saturated carbocycles. The van der Waals surface area contributed by atoms with Gasteiger partial charge in [0.25, 0.3) is 0 Å². The minimum atomic E-state index is -2.46. The molecule has 2 rings (SSSR count). The number of hydrogen-bond acceptors (Lipinski definition) is 1. The summed E-state index contributed by atoms with van der Waals surface area (Å²) in [6.45, 7) is 1.86. The van der Waals surface area contributed by atoms with E-state index < -0.39 is 12.1 Å². The highest BCUT2D eigenvalue weighted by Crippen LogP contribution is 2.29. The first-order valence-corrected chi connectivity index (χ1v) is 4.96. The van der Waals surface area contributed by atoms with E-state index in [1.807, 2.05) is 19.1 Å². The molecule has 2 aromatic rings. The first-order chi connectivity index (χ1) is 8.08. The van der Waals surface area contributed by atoms with Crippen LogP contribution in [0.15, 0.2) is 48.5 Å². The van der Waals surface area contributed by atoms with E-state index in [1.165, 1.54) is 6.07 Å². The van der Waals surface area contributed by atoms with E-state index in [1.54, 1.807) is 18.2 Å². The van der Waals surface area contributed by atoms with Crippen LogP contribution in [-0.4, -0.2) is 0 Å². The molecule has 2 aromatic carbocycles. The zero-order valence-electron chi connectivity index (χ0n) is 9.01. The highest BCUT2D eigenvalue weighted by atomic mass is 19.3. The van der Waals surface area contributed by atoms with Crippen molar-refractivity contribution in [3.8, 4) is 5.75 Å². The van der Waals surface area contributed by atoms with Crippen LogP contribution in [0.3, 0.4) is 0 Å². The third-order valence-electron chi connectivity index (χ3n) is 2.35. The summed E-state index contributed by atoms with van der Waals surface area (Å²) in [5.41, 5.74) is 0.943. The fraction of sp³-hybridized carbons (Fsp3) is 0.0769. The van der Waals surface area contributed by atoms with Gasteiger partial charge in [0.1, 0.15) is 5.75 Å². The van der Waals surface area contributed by atoms with Gasteiger partial charge >= 0.3 is 12.1 Å². The zero-order chi connectivity index (χ0) is 12.4. The number of aryl methyl sites for hydroxylation is 1. The summed E-state index contributed by atoms with van der Waals surface area (Å²) < 4.78 is 41.2. The quantitative estimate of drug-likeness (QED) is 0.697. The van der Waals surface area contributed by atoms with Gasteiger partial charge in [0.15, 0.2) is 0 Å². The summed E-state index contributed by atoms with van der Waals surface area (Å²) in [6, 6.07) is 8.47. The van der Waals surface area contributed by atoms with E-state index in [0.717, 1.165) is 10.9 Å². The van der Waals surface area contributed by atoms with Crippen LogP contribution in [0.25, 0.3) is 10.8 Å². The Balaban J connectivity index is 2.54. The maximum absolute atomic E-state index is 12.7. The summed E-state index contributed by atoms with van der Waals surface area (Å²) in [4.78, 5) is 0. The van der Waals surface area contributed by atoms with E-state index in [0.29, 0.717) is 5.39 Å². The SMILES string of the molecule is Cc1ccc2cccc(OC(F)=C(F)F)c2c1. The van der Waals surface area contributed by atoms with Crippen molar-refractivity contribution in [1.29, 1.82) is 0 Å². The van der Waals surface area contributed by atoms with E-state index in [2.05, 4.69) is 4.74 Å². The lowest BCUT2D eigenvalue weighted by molar-refractivity contribution is 0.243. The maximum Gasteiger partial charge on any atom is 0.344 e. The average molecular weight is 238 g/mol. The van der Waals surface area contributed by atoms with E-state index in [4.69, 9.17) is 0 Å². The Bertz CT molecular complexity index is 586. The molecule has 0 N–H and O–H groups in total. The molecule has 0 atom stereocenters. The summed E-state index contributed by atoms with van der Waals surface area (Å²) in [7, 11) is 0. The van der Waals surface area contributed by atoms with Crippen LogP contribution >= 0.6 is 0 Å². The van der Waals surface area contributed by atoms with Crippen LogP contribution in [0, 0.1) is 6.92 Å². The van der Waals surface area contributed by atoms with Gasteiger partial charge < -0.3 is 4.74 Å². The van der Waals surface area contributed by atoms with Gasteiger partial charge in [-0.15, -0.1) is 0 Å². The summed E-state index contributed by atoms with van der Waals surface area (Å²) >= 11 is 0. The fourth-order valence-electron chi connectivity index (χ4n) is 1.58. The molecule has 0 aliphatic carbocycles. The first-order valence-electron chi connectivity index (χ1n) is 4.96. The average Bonchev–Trinajstić information content (AvgIpc) is 2.29. The van der Waals surface area contributed by atoms with Crippen LogP contribution in [0.5, 0.6) is 5.75 Å². The minimum Gasteiger partial charge on any atom is -0.427 e. The van der Waals surface area contributed by atoms with Gasteiger partial charge in [0.05, 0.1) is 0 Å². The monoisotopic (exact) mass is 238 g/mol. The molecule has 0 unspecified atom stereocenters. The summed E-state index contributed by atoms with van der Waals surface area (Å²) in [6.07, 6.45) is -2.46. The molecular weight excluding hydrogens is 229 g/mol. The molecule has 0 heterocycles. The van der Waals surface area contributed by atoms with Crippen molar-refractivity contribution in [3.63, 3.8) is 0 Å².